The summed E-state index contributed by atoms with van der Waals surface area (Å²) in [5, 5.41) is 0. The Morgan fingerprint density at radius 2 is 1.94 bits per heavy atom. The normalized spacial score (nSPS) is 15.9. The Labute approximate surface area is 94.5 Å². The van der Waals surface area contributed by atoms with E-state index in [1.165, 1.54) is 6.42 Å². The van der Waals surface area contributed by atoms with E-state index >= 15 is 0 Å². The average Bonchev–Trinajstić information content (AvgIpc) is 2.38. The van der Waals surface area contributed by atoms with Crippen molar-refractivity contribution < 1.29 is 9.53 Å². The molecule has 2 rings (SSSR count). The van der Waals surface area contributed by atoms with Crippen molar-refractivity contribution in [3.8, 4) is 6.01 Å². The lowest BCUT2D eigenvalue weighted by Crippen LogP contribution is -2.38. The minimum atomic E-state index is 0.0205. The molecule has 5 nitrogen and oxygen atoms in total. The Morgan fingerprint density at radius 3 is 2.62 bits per heavy atom. The second-order valence-corrected chi connectivity index (χ2v) is 3.76. The summed E-state index contributed by atoms with van der Waals surface area (Å²) < 4.78 is 5.21. The summed E-state index contributed by atoms with van der Waals surface area (Å²) in [5.41, 5.74) is 0. The number of carbonyl (C=O) groups excluding carboxylic acids is 1. The topological polar surface area (TPSA) is 55.3 Å². The van der Waals surface area contributed by atoms with Gasteiger partial charge in [0.15, 0.2) is 6.61 Å². The van der Waals surface area contributed by atoms with Gasteiger partial charge < -0.3 is 9.64 Å². The fraction of sp³-hybridized carbons (Fsp3) is 0.545. The molecule has 1 aromatic heterocycles. The maximum Gasteiger partial charge on any atom is 0.316 e. The van der Waals surface area contributed by atoms with E-state index in [1.807, 2.05) is 4.90 Å². The number of piperidine rings is 1. The van der Waals surface area contributed by atoms with Crippen LogP contribution in [0.25, 0.3) is 0 Å². The predicted molar refractivity (Wildman–Crippen MR) is 58.0 cm³/mol. The molecule has 16 heavy (non-hydrogen) atoms. The third-order valence-corrected chi connectivity index (χ3v) is 2.58. The number of carbonyl (C=O) groups is 1. The van der Waals surface area contributed by atoms with Gasteiger partial charge in [-0.05, 0) is 25.3 Å². The van der Waals surface area contributed by atoms with E-state index in [2.05, 4.69) is 9.97 Å². The summed E-state index contributed by atoms with van der Waals surface area (Å²) >= 11 is 0. The minimum Gasteiger partial charge on any atom is -0.453 e. The van der Waals surface area contributed by atoms with Crippen LogP contribution >= 0.6 is 0 Å². The minimum absolute atomic E-state index is 0.0205. The lowest BCUT2D eigenvalue weighted by Gasteiger charge is -2.26. The molecule has 5 heteroatoms. The molecule has 1 saturated heterocycles. The van der Waals surface area contributed by atoms with Crippen LogP contribution < -0.4 is 4.74 Å². The van der Waals surface area contributed by atoms with Crippen LogP contribution in [0.15, 0.2) is 18.5 Å². The second kappa shape index (κ2) is 5.44. The van der Waals surface area contributed by atoms with E-state index in [-0.39, 0.29) is 18.5 Å². The molecule has 1 amide bonds. The van der Waals surface area contributed by atoms with Crippen LogP contribution in [0.3, 0.4) is 0 Å². The van der Waals surface area contributed by atoms with Crippen LogP contribution in [0, 0.1) is 0 Å². The average molecular weight is 221 g/mol. The molecule has 0 aliphatic carbocycles. The summed E-state index contributed by atoms with van der Waals surface area (Å²) in [4.78, 5) is 21.3. The van der Waals surface area contributed by atoms with Crippen molar-refractivity contribution in [3.63, 3.8) is 0 Å². The fourth-order valence-corrected chi connectivity index (χ4v) is 1.72. The number of aromatic nitrogens is 2. The predicted octanol–water partition coefficient (Wildman–Crippen LogP) is 0.868. The van der Waals surface area contributed by atoms with Crippen LogP contribution in [0.4, 0.5) is 0 Å². The monoisotopic (exact) mass is 221 g/mol. The summed E-state index contributed by atoms with van der Waals surface area (Å²) in [5.74, 6) is 0.0205. The van der Waals surface area contributed by atoms with Crippen molar-refractivity contribution in [2.24, 2.45) is 0 Å². The van der Waals surface area contributed by atoms with Crippen molar-refractivity contribution in [1.29, 1.82) is 0 Å². The van der Waals surface area contributed by atoms with Gasteiger partial charge in [0.25, 0.3) is 5.91 Å². The first-order valence-electron chi connectivity index (χ1n) is 5.54. The lowest BCUT2D eigenvalue weighted by atomic mass is 10.1. The van der Waals surface area contributed by atoms with Crippen LogP contribution in [0.5, 0.6) is 6.01 Å². The van der Waals surface area contributed by atoms with Gasteiger partial charge in [-0.3, -0.25) is 4.79 Å². The van der Waals surface area contributed by atoms with E-state index in [0.717, 1.165) is 25.9 Å². The highest BCUT2D eigenvalue weighted by molar-refractivity contribution is 5.77. The van der Waals surface area contributed by atoms with Crippen molar-refractivity contribution in [2.75, 3.05) is 19.7 Å². The van der Waals surface area contributed by atoms with E-state index in [1.54, 1.807) is 18.5 Å². The summed E-state index contributed by atoms with van der Waals surface area (Å²) in [6.07, 6.45) is 6.58. The number of amides is 1. The van der Waals surface area contributed by atoms with Crippen molar-refractivity contribution in [3.05, 3.63) is 18.5 Å². The third kappa shape index (κ3) is 2.92. The number of hydrogen-bond acceptors (Lipinski definition) is 4. The molecule has 0 atom stereocenters. The lowest BCUT2D eigenvalue weighted by molar-refractivity contribution is -0.134. The largest absolute Gasteiger partial charge is 0.453 e. The zero-order valence-electron chi connectivity index (χ0n) is 9.13. The highest BCUT2D eigenvalue weighted by atomic mass is 16.5. The molecule has 1 aliphatic heterocycles. The van der Waals surface area contributed by atoms with Crippen LogP contribution in [-0.2, 0) is 4.79 Å². The molecule has 86 valence electrons. The van der Waals surface area contributed by atoms with Gasteiger partial charge in [0.2, 0.25) is 0 Å². The Kier molecular flexibility index (Phi) is 3.69. The van der Waals surface area contributed by atoms with Gasteiger partial charge in [0.05, 0.1) is 0 Å². The molecule has 2 heterocycles. The summed E-state index contributed by atoms with van der Waals surface area (Å²) in [7, 11) is 0. The van der Waals surface area contributed by atoms with Crippen LogP contribution in [0.1, 0.15) is 19.3 Å². The standard InChI is InChI=1S/C11H15N3O2/c15-10(14-7-2-1-3-8-14)9-16-11-12-5-4-6-13-11/h4-6H,1-3,7-9H2. The first kappa shape index (κ1) is 10.9. The molecule has 0 saturated carbocycles. The molecule has 0 N–H and O–H groups in total. The maximum absolute atomic E-state index is 11.7. The van der Waals surface area contributed by atoms with E-state index in [9.17, 15) is 4.79 Å². The second-order valence-electron chi connectivity index (χ2n) is 3.76. The molecule has 0 aromatic carbocycles. The molecule has 1 aliphatic rings. The van der Waals surface area contributed by atoms with Gasteiger partial charge in [-0.2, -0.15) is 0 Å². The molecule has 0 bridgehead atoms. The highest BCUT2D eigenvalue weighted by Crippen LogP contribution is 2.09. The highest BCUT2D eigenvalue weighted by Gasteiger charge is 2.16. The number of nitrogens with zero attached hydrogens (tertiary/aromatic N) is 3. The molecular weight excluding hydrogens is 206 g/mol. The van der Waals surface area contributed by atoms with E-state index < -0.39 is 0 Å². The Morgan fingerprint density at radius 1 is 1.25 bits per heavy atom. The van der Waals surface area contributed by atoms with Gasteiger partial charge >= 0.3 is 6.01 Å². The van der Waals surface area contributed by atoms with Crippen molar-refractivity contribution in [1.82, 2.24) is 14.9 Å². The first-order chi connectivity index (χ1) is 7.86. The Hall–Kier alpha value is -1.65. The summed E-state index contributed by atoms with van der Waals surface area (Å²) in [6, 6.07) is 1.96. The third-order valence-electron chi connectivity index (χ3n) is 2.58. The first-order valence-corrected chi connectivity index (χ1v) is 5.54. The molecule has 0 spiro atoms. The van der Waals surface area contributed by atoms with Crippen LogP contribution in [-0.4, -0.2) is 40.5 Å². The van der Waals surface area contributed by atoms with Gasteiger partial charge in [-0.1, -0.05) is 0 Å². The number of hydrogen-bond donors (Lipinski definition) is 0. The van der Waals surface area contributed by atoms with E-state index in [0.29, 0.717) is 0 Å². The van der Waals surface area contributed by atoms with Gasteiger partial charge in [0, 0.05) is 25.5 Å². The van der Waals surface area contributed by atoms with Gasteiger partial charge in [-0.25, -0.2) is 9.97 Å². The zero-order chi connectivity index (χ0) is 11.2. The number of likely N-dealkylation sites (tertiary alicyclic amines) is 1. The Balaban J connectivity index is 1.79. The molecule has 1 fully saturated rings. The quantitative estimate of drug-likeness (QED) is 0.760. The number of ether oxygens (including phenoxy) is 1. The van der Waals surface area contributed by atoms with E-state index in [4.69, 9.17) is 4.74 Å². The molecular formula is C11H15N3O2. The van der Waals surface area contributed by atoms with Crippen molar-refractivity contribution >= 4 is 5.91 Å². The maximum atomic E-state index is 11.7. The van der Waals surface area contributed by atoms with Crippen molar-refractivity contribution in [2.45, 2.75) is 19.3 Å². The molecule has 0 unspecified atom stereocenters. The SMILES string of the molecule is O=C(COc1ncccn1)N1CCCCC1. The summed E-state index contributed by atoms with van der Waals surface area (Å²) in [6.45, 7) is 1.72. The van der Waals surface area contributed by atoms with Gasteiger partial charge in [-0.15, -0.1) is 0 Å². The molecule has 1 aromatic rings. The van der Waals surface area contributed by atoms with Gasteiger partial charge in [0.1, 0.15) is 0 Å². The van der Waals surface area contributed by atoms with Crippen LogP contribution in [0.2, 0.25) is 0 Å². The fourth-order valence-electron chi connectivity index (χ4n) is 1.72. The zero-order valence-corrected chi connectivity index (χ0v) is 9.13. The smallest absolute Gasteiger partial charge is 0.316 e. The Bertz CT molecular complexity index is 336. The molecule has 0 radical (unpaired) electrons. The number of rotatable bonds is 3.